The Bertz CT molecular complexity index is 537. The number of benzene rings is 2. The lowest BCUT2D eigenvalue weighted by Gasteiger charge is -2.22. The zero-order chi connectivity index (χ0) is 12.4. The molecule has 0 aliphatic carbocycles. The molecule has 1 aliphatic heterocycles. The van der Waals surface area contributed by atoms with Crippen LogP contribution in [0.3, 0.4) is 0 Å². The molecule has 1 fully saturated rings. The van der Waals surface area contributed by atoms with Gasteiger partial charge in [-0.05, 0) is 41.8 Å². The Kier molecular flexibility index (Phi) is 3.31. The van der Waals surface area contributed by atoms with E-state index in [0.29, 0.717) is 6.04 Å². The van der Waals surface area contributed by atoms with Gasteiger partial charge in [-0.2, -0.15) is 0 Å². The minimum Gasteiger partial charge on any atom is -0.395 e. The van der Waals surface area contributed by atoms with E-state index in [2.05, 4.69) is 47.4 Å². The molecule has 0 amide bonds. The van der Waals surface area contributed by atoms with E-state index in [9.17, 15) is 5.11 Å². The second-order valence-electron chi connectivity index (χ2n) is 5.13. The highest BCUT2D eigenvalue weighted by molar-refractivity contribution is 5.82. The molecular formula is C16H19NO. The minimum atomic E-state index is 0.285. The second-order valence-corrected chi connectivity index (χ2v) is 5.13. The number of rotatable bonds is 3. The molecule has 1 saturated heterocycles. The van der Waals surface area contributed by atoms with Gasteiger partial charge in [-0.1, -0.05) is 36.4 Å². The number of hydrogen-bond donors (Lipinski definition) is 1. The Hall–Kier alpha value is -1.38. The fourth-order valence-corrected chi connectivity index (χ4v) is 2.88. The van der Waals surface area contributed by atoms with E-state index >= 15 is 0 Å². The number of fused-ring (bicyclic) bond motifs is 1. The van der Waals surface area contributed by atoms with Crippen molar-refractivity contribution in [3.8, 4) is 0 Å². The Morgan fingerprint density at radius 1 is 1.11 bits per heavy atom. The first-order valence-corrected chi connectivity index (χ1v) is 6.69. The van der Waals surface area contributed by atoms with Gasteiger partial charge >= 0.3 is 0 Å². The average molecular weight is 241 g/mol. The van der Waals surface area contributed by atoms with Crippen LogP contribution < -0.4 is 0 Å². The average Bonchev–Trinajstić information content (AvgIpc) is 2.86. The van der Waals surface area contributed by atoms with Gasteiger partial charge in [0, 0.05) is 12.6 Å². The molecule has 2 aromatic carbocycles. The van der Waals surface area contributed by atoms with Crippen LogP contribution in [0.5, 0.6) is 0 Å². The van der Waals surface area contributed by atoms with Crippen LogP contribution >= 0.6 is 0 Å². The largest absolute Gasteiger partial charge is 0.395 e. The van der Waals surface area contributed by atoms with Crippen LogP contribution in [0.15, 0.2) is 42.5 Å². The molecule has 1 atom stereocenters. The maximum absolute atomic E-state index is 9.34. The first-order chi connectivity index (χ1) is 8.86. The van der Waals surface area contributed by atoms with E-state index in [4.69, 9.17) is 0 Å². The van der Waals surface area contributed by atoms with E-state index in [1.807, 2.05) is 0 Å². The summed E-state index contributed by atoms with van der Waals surface area (Å²) in [7, 11) is 0. The Labute approximate surface area is 108 Å². The monoisotopic (exact) mass is 241 g/mol. The summed E-state index contributed by atoms with van der Waals surface area (Å²) in [5, 5.41) is 11.9. The van der Waals surface area contributed by atoms with Crippen molar-refractivity contribution in [2.75, 3.05) is 13.2 Å². The summed E-state index contributed by atoms with van der Waals surface area (Å²) in [5.41, 5.74) is 1.34. The highest BCUT2D eigenvalue weighted by Crippen LogP contribution is 2.22. The number of nitrogens with zero attached hydrogens (tertiary/aromatic N) is 1. The molecule has 0 radical (unpaired) electrons. The van der Waals surface area contributed by atoms with Crippen LogP contribution in [0.4, 0.5) is 0 Å². The lowest BCUT2D eigenvalue weighted by molar-refractivity contribution is 0.153. The third-order valence-electron chi connectivity index (χ3n) is 3.91. The predicted molar refractivity (Wildman–Crippen MR) is 74.5 cm³/mol. The molecule has 1 unspecified atom stereocenters. The maximum Gasteiger partial charge on any atom is 0.0587 e. The predicted octanol–water partition coefficient (Wildman–Crippen LogP) is 2.80. The fraction of sp³-hybridized carbons (Fsp3) is 0.375. The molecule has 94 valence electrons. The fourth-order valence-electron chi connectivity index (χ4n) is 2.88. The lowest BCUT2D eigenvalue weighted by atomic mass is 10.1. The van der Waals surface area contributed by atoms with Crippen LogP contribution in [-0.4, -0.2) is 29.2 Å². The molecular weight excluding hydrogens is 222 g/mol. The number of aliphatic hydroxyl groups is 1. The Morgan fingerprint density at radius 3 is 2.78 bits per heavy atom. The number of likely N-dealkylation sites (tertiary alicyclic amines) is 1. The third-order valence-corrected chi connectivity index (χ3v) is 3.91. The lowest BCUT2D eigenvalue weighted by Crippen LogP contribution is -2.31. The molecule has 18 heavy (non-hydrogen) atoms. The molecule has 0 aromatic heterocycles. The van der Waals surface area contributed by atoms with E-state index in [-0.39, 0.29) is 6.61 Å². The normalized spacial score (nSPS) is 20.6. The van der Waals surface area contributed by atoms with Crippen molar-refractivity contribution in [2.24, 2.45) is 0 Å². The maximum atomic E-state index is 9.34. The van der Waals surface area contributed by atoms with E-state index in [0.717, 1.165) is 19.5 Å². The van der Waals surface area contributed by atoms with E-state index in [1.54, 1.807) is 0 Å². The van der Waals surface area contributed by atoms with Crippen LogP contribution in [0, 0.1) is 0 Å². The topological polar surface area (TPSA) is 23.5 Å². The van der Waals surface area contributed by atoms with Gasteiger partial charge in [-0.25, -0.2) is 0 Å². The van der Waals surface area contributed by atoms with Crippen LogP contribution in [0.25, 0.3) is 10.8 Å². The smallest absolute Gasteiger partial charge is 0.0587 e. The van der Waals surface area contributed by atoms with E-state index < -0.39 is 0 Å². The van der Waals surface area contributed by atoms with Crippen molar-refractivity contribution in [2.45, 2.75) is 25.4 Å². The Balaban J connectivity index is 1.82. The van der Waals surface area contributed by atoms with Crippen LogP contribution in [0.1, 0.15) is 18.4 Å². The summed E-state index contributed by atoms with van der Waals surface area (Å²) in [5.74, 6) is 0. The SMILES string of the molecule is OCC1CCCN1Cc1ccc2ccccc2c1. The molecule has 1 N–H and O–H groups in total. The molecule has 0 bridgehead atoms. The molecule has 0 saturated carbocycles. The van der Waals surface area contributed by atoms with Crippen molar-refractivity contribution in [1.82, 2.24) is 4.90 Å². The van der Waals surface area contributed by atoms with Gasteiger partial charge in [-0.3, -0.25) is 4.90 Å². The summed E-state index contributed by atoms with van der Waals surface area (Å²) < 4.78 is 0. The van der Waals surface area contributed by atoms with Crippen molar-refractivity contribution in [3.63, 3.8) is 0 Å². The van der Waals surface area contributed by atoms with Gasteiger partial charge in [0.15, 0.2) is 0 Å². The third kappa shape index (κ3) is 2.26. The minimum absolute atomic E-state index is 0.285. The summed E-state index contributed by atoms with van der Waals surface area (Å²) in [6.07, 6.45) is 2.34. The highest BCUT2D eigenvalue weighted by atomic mass is 16.3. The quantitative estimate of drug-likeness (QED) is 0.893. The summed E-state index contributed by atoms with van der Waals surface area (Å²) >= 11 is 0. The molecule has 2 heteroatoms. The first kappa shape index (κ1) is 11.7. The summed E-state index contributed by atoms with van der Waals surface area (Å²) in [6.45, 7) is 2.35. The summed E-state index contributed by atoms with van der Waals surface area (Å²) in [4.78, 5) is 2.39. The van der Waals surface area contributed by atoms with Crippen LogP contribution in [0.2, 0.25) is 0 Å². The van der Waals surface area contributed by atoms with Crippen molar-refractivity contribution >= 4 is 10.8 Å². The number of aliphatic hydroxyl groups excluding tert-OH is 1. The van der Waals surface area contributed by atoms with Gasteiger partial charge in [-0.15, -0.1) is 0 Å². The van der Waals surface area contributed by atoms with Crippen molar-refractivity contribution in [3.05, 3.63) is 48.0 Å². The first-order valence-electron chi connectivity index (χ1n) is 6.69. The molecule has 1 aliphatic rings. The second kappa shape index (κ2) is 5.09. The molecule has 2 nitrogen and oxygen atoms in total. The van der Waals surface area contributed by atoms with Gasteiger partial charge in [0.1, 0.15) is 0 Å². The molecule has 1 heterocycles. The van der Waals surface area contributed by atoms with Crippen molar-refractivity contribution < 1.29 is 5.11 Å². The molecule has 3 rings (SSSR count). The molecule has 2 aromatic rings. The van der Waals surface area contributed by atoms with Gasteiger partial charge in [0.05, 0.1) is 6.61 Å². The molecule has 0 spiro atoms. The van der Waals surface area contributed by atoms with Gasteiger partial charge in [0.25, 0.3) is 0 Å². The van der Waals surface area contributed by atoms with Crippen LogP contribution in [-0.2, 0) is 6.54 Å². The zero-order valence-corrected chi connectivity index (χ0v) is 10.5. The van der Waals surface area contributed by atoms with Crippen molar-refractivity contribution in [1.29, 1.82) is 0 Å². The standard InChI is InChI=1S/C16H19NO/c18-12-16-6-3-9-17(16)11-13-7-8-14-4-1-2-5-15(14)10-13/h1-2,4-5,7-8,10,16,18H,3,6,9,11-12H2. The zero-order valence-electron chi connectivity index (χ0n) is 10.5. The number of hydrogen-bond acceptors (Lipinski definition) is 2. The summed E-state index contributed by atoms with van der Waals surface area (Å²) in [6, 6.07) is 15.5. The Morgan fingerprint density at radius 2 is 1.94 bits per heavy atom. The van der Waals surface area contributed by atoms with Gasteiger partial charge < -0.3 is 5.11 Å². The highest BCUT2D eigenvalue weighted by Gasteiger charge is 2.23. The van der Waals surface area contributed by atoms with Gasteiger partial charge in [0.2, 0.25) is 0 Å². The van der Waals surface area contributed by atoms with E-state index in [1.165, 1.54) is 22.8 Å².